The van der Waals surface area contributed by atoms with Gasteiger partial charge in [-0.15, -0.1) is 0 Å². The van der Waals surface area contributed by atoms with Gasteiger partial charge in [-0.3, -0.25) is 0 Å². The molecule has 0 atom stereocenters. The first-order valence-corrected chi connectivity index (χ1v) is 9.11. The first kappa shape index (κ1) is 17.5. The van der Waals surface area contributed by atoms with E-state index < -0.39 is 0 Å². The smallest absolute Gasteiger partial charge is 0.318 e. The lowest BCUT2D eigenvalue weighted by atomic mass is 9.94. The normalized spacial score (nSPS) is 15.1. The number of nitrogens with zero attached hydrogens (tertiary/aromatic N) is 3. The summed E-state index contributed by atoms with van der Waals surface area (Å²) in [5, 5.41) is 6.98. The van der Waals surface area contributed by atoms with E-state index in [1.54, 1.807) is 0 Å². The fourth-order valence-corrected chi connectivity index (χ4v) is 3.30. The molecular formula is C19H26N4O2. The summed E-state index contributed by atoms with van der Waals surface area (Å²) >= 11 is 0. The Balaban J connectivity index is 1.74. The highest BCUT2D eigenvalue weighted by atomic mass is 16.5. The molecule has 0 saturated heterocycles. The molecular weight excluding hydrogens is 316 g/mol. The van der Waals surface area contributed by atoms with Crippen molar-refractivity contribution in [2.24, 2.45) is 0 Å². The second kappa shape index (κ2) is 8.14. The highest BCUT2D eigenvalue weighted by Crippen LogP contribution is 2.24. The van der Waals surface area contributed by atoms with Crippen LogP contribution in [0.25, 0.3) is 11.4 Å². The monoisotopic (exact) mass is 342 g/mol. The van der Waals surface area contributed by atoms with Crippen LogP contribution < -0.4 is 5.32 Å². The van der Waals surface area contributed by atoms with Gasteiger partial charge in [-0.05, 0) is 26.7 Å². The molecule has 2 amide bonds. The average Bonchev–Trinajstić information content (AvgIpc) is 3.10. The van der Waals surface area contributed by atoms with E-state index in [4.69, 9.17) is 4.52 Å². The minimum absolute atomic E-state index is 0.0514. The fourth-order valence-electron chi connectivity index (χ4n) is 3.30. The van der Waals surface area contributed by atoms with Crippen LogP contribution in [0.3, 0.4) is 0 Å². The molecule has 1 heterocycles. The lowest BCUT2D eigenvalue weighted by Crippen LogP contribution is -2.46. The number of carbonyl (C=O) groups is 1. The Morgan fingerprint density at radius 3 is 2.64 bits per heavy atom. The molecule has 1 aromatic heterocycles. The number of amides is 2. The molecule has 1 aliphatic rings. The highest BCUT2D eigenvalue weighted by molar-refractivity contribution is 5.74. The third kappa shape index (κ3) is 4.38. The molecule has 3 rings (SSSR count). The van der Waals surface area contributed by atoms with Crippen molar-refractivity contribution in [3.63, 3.8) is 0 Å². The van der Waals surface area contributed by atoms with Gasteiger partial charge in [-0.2, -0.15) is 4.98 Å². The number of benzene rings is 1. The van der Waals surface area contributed by atoms with E-state index in [1.165, 1.54) is 24.8 Å². The number of nitrogens with one attached hydrogen (secondary N) is 1. The van der Waals surface area contributed by atoms with E-state index in [0.717, 1.165) is 18.4 Å². The van der Waals surface area contributed by atoms with Crippen molar-refractivity contribution < 1.29 is 9.32 Å². The Morgan fingerprint density at radius 1 is 1.24 bits per heavy atom. The maximum Gasteiger partial charge on any atom is 0.318 e. The molecule has 25 heavy (non-hydrogen) atoms. The van der Waals surface area contributed by atoms with Crippen LogP contribution in [0.1, 0.15) is 50.5 Å². The molecule has 2 aromatic rings. The molecule has 0 aliphatic heterocycles. The standard InChI is InChI=1S/C19H26N4O2/c1-3-20-19(24)23(16-7-5-4-6-8-16)13-17-21-18(22-25-17)15-11-9-14(2)10-12-15/h9-12,16H,3-8,13H2,1-2H3,(H,20,24). The van der Waals surface area contributed by atoms with Gasteiger partial charge < -0.3 is 14.7 Å². The summed E-state index contributed by atoms with van der Waals surface area (Å²) in [6.45, 7) is 4.94. The van der Waals surface area contributed by atoms with Gasteiger partial charge in [0.15, 0.2) is 0 Å². The largest absolute Gasteiger partial charge is 0.338 e. The lowest BCUT2D eigenvalue weighted by molar-refractivity contribution is 0.141. The Morgan fingerprint density at radius 2 is 1.96 bits per heavy atom. The summed E-state index contributed by atoms with van der Waals surface area (Å²) < 4.78 is 5.42. The van der Waals surface area contributed by atoms with Crippen molar-refractivity contribution in [3.8, 4) is 11.4 Å². The van der Waals surface area contributed by atoms with E-state index in [-0.39, 0.29) is 12.1 Å². The molecule has 6 heteroatoms. The van der Waals surface area contributed by atoms with Crippen LogP contribution in [-0.2, 0) is 6.54 Å². The Bertz CT molecular complexity index is 690. The molecule has 0 spiro atoms. The van der Waals surface area contributed by atoms with Gasteiger partial charge in [0.1, 0.15) is 6.54 Å². The van der Waals surface area contributed by atoms with Gasteiger partial charge in [0.25, 0.3) is 0 Å². The number of hydrogen-bond donors (Lipinski definition) is 1. The van der Waals surface area contributed by atoms with Crippen LogP contribution >= 0.6 is 0 Å². The number of carbonyl (C=O) groups excluding carboxylic acids is 1. The molecule has 1 aliphatic carbocycles. The van der Waals surface area contributed by atoms with Crippen molar-refractivity contribution in [2.75, 3.05) is 6.54 Å². The minimum Gasteiger partial charge on any atom is -0.338 e. The number of aryl methyl sites for hydroxylation is 1. The zero-order chi connectivity index (χ0) is 17.6. The molecule has 1 N–H and O–H groups in total. The van der Waals surface area contributed by atoms with Gasteiger partial charge in [0, 0.05) is 18.2 Å². The summed E-state index contributed by atoms with van der Waals surface area (Å²) in [5.41, 5.74) is 2.11. The van der Waals surface area contributed by atoms with Crippen molar-refractivity contribution in [1.82, 2.24) is 20.4 Å². The molecule has 1 saturated carbocycles. The quantitative estimate of drug-likeness (QED) is 0.894. The van der Waals surface area contributed by atoms with Gasteiger partial charge in [-0.1, -0.05) is 54.2 Å². The first-order chi connectivity index (χ1) is 12.2. The van der Waals surface area contributed by atoms with Crippen LogP contribution in [0.2, 0.25) is 0 Å². The molecule has 0 bridgehead atoms. The second-order valence-corrected chi connectivity index (χ2v) is 6.63. The summed E-state index contributed by atoms with van der Waals surface area (Å²) in [7, 11) is 0. The Kier molecular flexibility index (Phi) is 5.68. The summed E-state index contributed by atoms with van der Waals surface area (Å²) in [6, 6.07) is 8.20. The summed E-state index contributed by atoms with van der Waals surface area (Å²) in [5.74, 6) is 1.04. The van der Waals surface area contributed by atoms with Crippen LogP contribution in [0.4, 0.5) is 4.79 Å². The van der Waals surface area contributed by atoms with Gasteiger partial charge in [0.2, 0.25) is 11.7 Å². The maximum absolute atomic E-state index is 12.5. The third-order valence-corrected chi connectivity index (χ3v) is 4.69. The first-order valence-electron chi connectivity index (χ1n) is 9.11. The molecule has 6 nitrogen and oxygen atoms in total. The highest BCUT2D eigenvalue weighted by Gasteiger charge is 2.27. The molecule has 1 aromatic carbocycles. The van der Waals surface area contributed by atoms with E-state index in [9.17, 15) is 4.79 Å². The van der Waals surface area contributed by atoms with E-state index in [1.807, 2.05) is 43.0 Å². The number of urea groups is 1. The van der Waals surface area contributed by atoms with Crippen molar-refractivity contribution in [1.29, 1.82) is 0 Å². The van der Waals surface area contributed by atoms with Crippen molar-refractivity contribution >= 4 is 6.03 Å². The predicted octanol–water partition coefficient (Wildman–Crippen LogP) is 3.91. The van der Waals surface area contributed by atoms with Crippen LogP contribution in [0.15, 0.2) is 28.8 Å². The molecule has 134 valence electrons. The van der Waals surface area contributed by atoms with E-state index in [0.29, 0.717) is 24.8 Å². The molecule has 0 radical (unpaired) electrons. The summed E-state index contributed by atoms with van der Waals surface area (Å²) in [6.07, 6.45) is 5.65. The second-order valence-electron chi connectivity index (χ2n) is 6.63. The van der Waals surface area contributed by atoms with Gasteiger partial charge in [-0.25, -0.2) is 4.79 Å². The topological polar surface area (TPSA) is 71.3 Å². The molecule has 1 fully saturated rings. The molecule has 0 unspecified atom stereocenters. The number of hydrogen-bond acceptors (Lipinski definition) is 4. The average molecular weight is 342 g/mol. The van der Waals surface area contributed by atoms with Gasteiger partial charge in [0.05, 0.1) is 0 Å². The third-order valence-electron chi connectivity index (χ3n) is 4.69. The zero-order valence-electron chi connectivity index (χ0n) is 15.0. The summed E-state index contributed by atoms with van der Waals surface area (Å²) in [4.78, 5) is 18.8. The Labute approximate surface area is 148 Å². The fraction of sp³-hybridized carbons (Fsp3) is 0.526. The number of aromatic nitrogens is 2. The van der Waals surface area contributed by atoms with Crippen LogP contribution in [-0.4, -0.2) is 33.7 Å². The SMILES string of the molecule is CCNC(=O)N(Cc1nc(-c2ccc(C)cc2)no1)C1CCCCC1. The zero-order valence-corrected chi connectivity index (χ0v) is 15.0. The predicted molar refractivity (Wildman–Crippen MR) is 96.0 cm³/mol. The van der Waals surface area contributed by atoms with Crippen LogP contribution in [0, 0.1) is 6.92 Å². The van der Waals surface area contributed by atoms with E-state index >= 15 is 0 Å². The maximum atomic E-state index is 12.5. The van der Waals surface area contributed by atoms with Crippen molar-refractivity contribution in [2.45, 2.75) is 58.5 Å². The van der Waals surface area contributed by atoms with Gasteiger partial charge >= 0.3 is 6.03 Å². The lowest BCUT2D eigenvalue weighted by Gasteiger charge is -2.33. The Hall–Kier alpha value is -2.37. The van der Waals surface area contributed by atoms with Crippen LogP contribution in [0.5, 0.6) is 0 Å². The number of rotatable bonds is 5. The van der Waals surface area contributed by atoms with Crippen molar-refractivity contribution in [3.05, 3.63) is 35.7 Å². The van der Waals surface area contributed by atoms with E-state index in [2.05, 4.69) is 15.5 Å². The minimum atomic E-state index is -0.0514.